The van der Waals surface area contributed by atoms with Crippen LogP contribution in [0.15, 0.2) is 24.3 Å². The molecule has 2 amide bonds. The van der Waals surface area contributed by atoms with E-state index < -0.39 is 0 Å². The lowest BCUT2D eigenvalue weighted by molar-refractivity contribution is 0.166. The third-order valence-electron chi connectivity index (χ3n) is 4.02. The van der Waals surface area contributed by atoms with E-state index >= 15 is 0 Å². The molecule has 1 heterocycles. The third kappa shape index (κ3) is 3.95. The third-order valence-corrected chi connectivity index (χ3v) is 4.02. The monoisotopic (exact) mass is 291 g/mol. The van der Waals surface area contributed by atoms with Gasteiger partial charge in [-0.1, -0.05) is 19.1 Å². The van der Waals surface area contributed by atoms with E-state index in [4.69, 9.17) is 0 Å². The molecule has 1 aromatic carbocycles. The molecule has 5 heteroatoms. The Hall–Kier alpha value is -1.59. The van der Waals surface area contributed by atoms with Gasteiger partial charge in [-0.25, -0.2) is 4.79 Å². The predicted molar refractivity (Wildman–Crippen MR) is 84.4 cm³/mol. The molecule has 21 heavy (non-hydrogen) atoms. The lowest BCUT2D eigenvalue weighted by Crippen LogP contribution is -2.40. The molecule has 2 rings (SSSR count). The molecule has 2 unspecified atom stereocenters. The standard InChI is InChI=1S/C16H25N3O2/c1-3-17-12(2)13-6-8-14(9-7-13)18-16(21)19-10-4-5-15(19)11-20/h6-9,12,15,17,20H,3-5,10-11H2,1-2H3,(H,18,21). The normalized spacial score (nSPS) is 19.6. The van der Waals surface area contributed by atoms with Gasteiger partial charge in [0.25, 0.3) is 0 Å². The number of amides is 2. The van der Waals surface area contributed by atoms with E-state index in [-0.39, 0.29) is 18.7 Å². The predicted octanol–water partition coefficient (Wildman–Crippen LogP) is 2.35. The molecule has 1 aromatic rings. The minimum Gasteiger partial charge on any atom is -0.394 e. The van der Waals surface area contributed by atoms with Crippen molar-refractivity contribution in [1.29, 1.82) is 0 Å². The fraction of sp³-hybridized carbons (Fsp3) is 0.562. The van der Waals surface area contributed by atoms with E-state index in [1.54, 1.807) is 4.90 Å². The average molecular weight is 291 g/mol. The SMILES string of the molecule is CCNC(C)c1ccc(NC(=O)N2CCCC2CO)cc1. The number of carbonyl (C=O) groups excluding carboxylic acids is 1. The van der Waals surface area contributed by atoms with Gasteiger partial charge in [-0.3, -0.25) is 0 Å². The molecular weight excluding hydrogens is 266 g/mol. The van der Waals surface area contributed by atoms with Gasteiger partial charge in [-0.15, -0.1) is 0 Å². The van der Waals surface area contributed by atoms with E-state index in [9.17, 15) is 9.90 Å². The average Bonchev–Trinajstić information content (AvgIpc) is 2.97. The highest BCUT2D eigenvalue weighted by molar-refractivity contribution is 5.89. The van der Waals surface area contributed by atoms with Crippen molar-refractivity contribution in [3.8, 4) is 0 Å². The van der Waals surface area contributed by atoms with E-state index in [2.05, 4.69) is 24.5 Å². The van der Waals surface area contributed by atoms with Gasteiger partial charge < -0.3 is 20.6 Å². The highest BCUT2D eigenvalue weighted by Gasteiger charge is 2.27. The molecule has 1 saturated heterocycles. The number of nitrogens with zero attached hydrogens (tertiary/aromatic N) is 1. The first kappa shape index (κ1) is 15.8. The molecule has 0 spiro atoms. The Balaban J connectivity index is 1.95. The number of aliphatic hydroxyl groups is 1. The van der Waals surface area contributed by atoms with Crippen LogP contribution in [-0.4, -0.2) is 41.8 Å². The second-order valence-corrected chi connectivity index (χ2v) is 5.50. The molecule has 0 saturated carbocycles. The summed E-state index contributed by atoms with van der Waals surface area (Å²) < 4.78 is 0. The number of hydrogen-bond acceptors (Lipinski definition) is 3. The molecule has 0 aromatic heterocycles. The first-order valence-electron chi connectivity index (χ1n) is 7.67. The second-order valence-electron chi connectivity index (χ2n) is 5.50. The van der Waals surface area contributed by atoms with Gasteiger partial charge in [0.15, 0.2) is 0 Å². The fourth-order valence-electron chi connectivity index (χ4n) is 2.77. The zero-order valence-corrected chi connectivity index (χ0v) is 12.8. The van der Waals surface area contributed by atoms with Gasteiger partial charge in [0, 0.05) is 18.3 Å². The van der Waals surface area contributed by atoms with Crippen molar-refractivity contribution in [2.45, 2.75) is 38.8 Å². The minimum absolute atomic E-state index is 0.0343. The van der Waals surface area contributed by atoms with Crippen molar-refractivity contribution < 1.29 is 9.90 Å². The quantitative estimate of drug-likeness (QED) is 0.780. The molecule has 1 aliphatic heterocycles. The van der Waals surface area contributed by atoms with Crippen LogP contribution in [0.2, 0.25) is 0 Å². The second kappa shape index (κ2) is 7.43. The number of likely N-dealkylation sites (tertiary alicyclic amines) is 1. The summed E-state index contributed by atoms with van der Waals surface area (Å²) in [6.45, 7) is 5.88. The molecule has 1 fully saturated rings. The summed E-state index contributed by atoms with van der Waals surface area (Å²) in [5.41, 5.74) is 1.99. The summed E-state index contributed by atoms with van der Waals surface area (Å²) >= 11 is 0. The first-order valence-corrected chi connectivity index (χ1v) is 7.67. The van der Waals surface area contributed by atoms with Crippen LogP contribution in [-0.2, 0) is 0 Å². The van der Waals surface area contributed by atoms with E-state index in [1.165, 1.54) is 5.56 Å². The van der Waals surface area contributed by atoms with Crippen molar-refractivity contribution >= 4 is 11.7 Å². The molecule has 1 aliphatic rings. The van der Waals surface area contributed by atoms with E-state index in [1.807, 2.05) is 24.3 Å². The maximum atomic E-state index is 12.2. The van der Waals surface area contributed by atoms with Crippen molar-refractivity contribution in [3.63, 3.8) is 0 Å². The number of benzene rings is 1. The number of anilines is 1. The highest BCUT2D eigenvalue weighted by Crippen LogP contribution is 2.20. The van der Waals surface area contributed by atoms with E-state index in [0.29, 0.717) is 12.6 Å². The Kier molecular flexibility index (Phi) is 5.59. The maximum Gasteiger partial charge on any atom is 0.322 e. The highest BCUT2D eigenvalue weighted by atomic mass is 16.3. The summed E-state index contributed by atoms with van der Waals surface area (Å²) in [5.74, 6) is 0. The molecule has 0 radical (unpaired) electrons. The van der Waals surface area contributed by atoms with Crippen LogP contribution in [0.5, 0.6) is 0 Å². The van der Waals surface area contributed by atoms with Gasteiger partial charge in [0.1, 0.15) is 0 Å². The van der Waals surface area contributed by atoms with Crippen LogP contribution in [0.4, 0.5) is 10.5 Å². The van der Waals surface area contributed by atoms with Crippen LogP contribution in [0.3, 0.4) is 0 Å². The van der Waals surface area contributed by atoms with E-state index in [0.717, 1.165) is 25.1 Å². The van der Waals surface area contributed by atoms with Crippen molar-refractivity contribution in [2.24, 2.45) is 0 Å². The van der Waals surface area contributed by atoms with Crippen LogP contribution >= 0.6 is 0 Å². The van der Waals surface area contributed by atoms with Gasteiger partial charge >= 0.3 is 6.03 Å². The summed E-state index contributed by atoms with van der Waals surface area (Å²) in [5, 5.41) is 15.5. The number of urea groups is 1. The van der Waals surface area contributed by atoms with Gasteiger partial charge in [0.2, 0.25) is 0 Å². The van der Waals surface area contributed by atoms with Crippen molar-refractivity contribution in [1.82, 2.24) is 10.2 Å². The van der Waals surface area contributed by atoms with Gasteiger partial charge in [-0.05, 0) is 44.0 Å². The molecular formula is C16H25N3O2. The summed E-state index contributed by atoms with van der Waals surface area (Å²) in [6, 6.07) is 8.03. The topological polar surface area (TPSA) is 64.6 Å². The number of hydrogen-bond donors (Lipinski definition) is 3. The summed E-state index contributed by atoms with van der Waals surface area (Å²) in [4.78, 5) is 13.9. The summed E-state index contributed by atoms with van der Waals surface area (Å²) in [6.07, 6.45) is 1.83. The Morgan fingerprint density at radius 1 is 1.43 bits per heavy atom. The lowest BCUT2D eigenvalue weighted by atomic mass is 10.1. The Morgan fingerprint density at radius 2 is 2.14 bits per heavy atom. The van der Waals surface area contributed by atoms with Crippen LogP contribution in [0, 0.1) is 0 Å². The zero-order chi connectivity index (χ0) is 15.2. The van der Waals surface area contributed by atoms with Crippen LogP contribution < -0.4 is 10.6 Å². The molecule has 0 bridgehead atoms. The number of rotatable bonds is 5. The fourth-order valence-corrected chi connectivity index (χ4v) is 2.77. The lowest BCUT2D eigenvalue weighted by Gasteiger charge is -2.23. The molecule has 0 aliphatic carbocycles. The Labute approximate surface area is 126 Å². The smallest absolute Gasteiger partial charge is 0.322 e. The maximum absolute atomic E-state index is 12.2. The Morgan fingerprint density at radius 3 is 2.76 bits per heavy atom. The van der Waals surface area contributed by atoms with Crippen molar-refractivity contribution in [3.05, 3.63) is 29.8 Å². The number of nitrogens with one attached hydrogen (secondary N) is 2. The first-order chi connectivity index (χ1) is 10.2. The summed E-state index contributed by atoms with van der Waals surface area (Å²) in [7, 11) is 0. The molecule has 5 nitrogen and oxygen atoms in total. The molecule has 2 atom stereocenters. The van der Waals surface area contributed by atoms with Crippen molar-refractivity contribution in [2.75, 3.05) is 25.0 Å². The largest absolute Gasteiger partial charge is 0.394 e. The molecule has 116 valence electrons. The number of carbonyl (C=O) groups is 1. The van der Waals surface area contributed by atoms with Crippen LogP contribution in [0.1, 0.15) is 38.3 Å². The van der Waals surface area contributed by atoms with Crippen LogP contribution in [0.25, 0.3) is 0 Å². The minimum atomic E-state index is -0.126. The van der Waals surface area contributed by atoms with Gasteiger partial charge in [-0.2, -0.15) is 0 Å². The molecule has 3 N–H and O–H groups in total. The Bertz CT molecular complexity index is 461. The zero-order valence-electron chi connectivity index (χ0n) is 12.8. The van der Waals surface area contributed by atoms with Gasteiger partial charge in [0.05, 0.1) is 12.6 Å². The number of aliphatic hydroxyl groups excluding tert-OH is 1.